The smallest absolute Gasteiger partial charge is 0.528 e. The first-order chi connectivity index (χ1) is 22.1. The zero-order chi connectivity index (χ0) is 33.6. The number of halogens is 2. The summed E-state index contributed by atoms with van der Waals surface area (Å²) in [4.78, 5) is 21.8. The minimum Gasteiger partial charge on any atom is -0.528 e. The molecule has 47 heavy (non-hydrogen) atoms. The second kappa shape index (κ2) is 20.3. The molecule has 0 radical (unpaired) electrons. The number of methoxy groups -OCH3 is 1. The van der Waals surface area contributed by atoms with E-state index in [1.807, 2.05) is 88.4 Å². The Morgan fingerprint density at radius 1 is 1.19 bits per heavy atom. The molecule has 0 amide bonds. The maximum absolute atomic E-state index is 14.1. The van der Waals surface area contributed by atoms with E-state index in [4.69, 9.17) is 4.74 Å². The Labute approximate surface area is 317 Å². The number of hydrogen-bond acceptors (Lipinski definition) is 7. The van der Waals surface area contributed by atoms with Crippen LogP contribution in [0.5, 0.6) is 6.08 Å². The average Bonchev–Trinajstić information content (AvgIpc) is 3.30. The van der Waals surface area contributed by atoms with Gasteiger partial charge in [0.05, 0.1) is 12.6 Å². The van der Waals surface area contributed by atoms with Gasteiger partial charge in [-0.2, -0.15) is 5.16 Å². The molecule has 4 rings (SSSR count). The van der Waals surface area contributed by atoms with Crippen molar-refractivity contribution in [2.75, 3.05) is 7.11 Å². The van der Waals surface area contributed by atoms with Gasteiger partial charge in [-0.25, -0.2) is 18.7 Å². The number of rotatable bonds is 12. The number of aromatic nitrogens is 4. The molecule has 1 aliphatic carbocycles. The predicted octanol–water partition coefficient (Wildman–Crippen LogP) is 4.34. The summed E-state index contributed by atoms with van der Waals surface area (Å²) in [5.74, 6) is 0.460. The van der Waals surface area contributed by atoms with Gasteiger partial charge in [0.1, 0.15) is 11.5 Å². The molecular formula is C36H41F2KN4O4. The third-order valence-electron chi connectivity index (χ3n) is 7.03. The van der Waals surface area contributed by atoms with Gasteiger partial charge < -0.3 is 14.4 Å². The van der Waals surface area contributed by atoms with Crippen LogP contribution in [0.25, 0.3) is 11.1 Å². The fraction of sp³-hybridized carbons (Fsp3) is 0.333. The van der Waals surface area contributed by atoms with E-state index in [0.29, 0.717) is 35.9 Å². The van der Waals surface area contributed by atoms with E-state index in [1.54, 1.807) is 19.3 Å². The minimum absolute atomic E-state index is 0. The molecule has 2 heterocycles. The number of benzene rings is 1. The summed E-state index contributed by atoms with van der Waals surface area (Å²) in [6, 6.07) is 7.35. The molecular weight excluding hydrogens is 630 g/mol. The maximum Gasteiger partial charge on any atom is 1.00 e. The topological polar surface area (TPSA) is 106 Å². The summed E-state index contributed by atoms with van der Waals surface area (Å²) >= 11 is 0. The molecule has 0 aliphatic heterocycles. The fourth-order valence-electron chi connectivity index (χ4n) is 4.50. The summed E-state index contributed by atoms with van der Waals surface area (Å²) in [5, 5.41) is 15.2. The Hall–Kier alpha value is -3.06. The van der Waals surface area contributed by atoms with Crippen LogP contribution < -0.4 is 62.1 Å². The fourth-order valence-corrected chi connectivity index (χ4v) is 4.50. The van der Waals surface area contributed by atoms with Gasteiger partial charge in [-0.15, -0.1) is 0 Å². The molecule has 0 N–H and O–H groups in total. The maximum atomic E-state index is 14.1. The molecule has 8 nitrogen and oxygen atoms in total. The van der Waals surface area contributed by atoms with Gasteiger partial charge in [-0.3, -0.25) is 9.36 Å². The Bertz CT molecular complexity index is 1680. The van der Waals surface area contributed by atoms with Crippen LogP contribution in [0.2, 0.25) is 0 Å². The predicted molar refractivity (Wildman–Crippen MR) is 175 cm³/mol. The second-order valence-corrected chi connectivity index (χ2v) is 10.8. The molecule has 3 aromatic rings. The van der Waals surface area contributed by atoms with Crippen LogP contribution in [0.4, 0.5) is 8.78 Å². The SMILES string of the molecule is C=C(/C(=C\C=C/C)c1noc([O-])n1)c1ccc(Cn2c(CCC)nc(C(F)F)c(CC3=CC=CCC=C3)c2=O)cc1.COC(C)C.[K+]. The van der Waals surface area contributed by atoms with Crippen molar-refractivity contribution in [2.24, 2.45) is 0 Å². The average molecular weight is 671 g/mol. The van der Waals surface area contributed by atoms with Crippen LogP contribution in [-0.2, 0) is 24.1 Å². The Morgan fingerprint density at radius 2 is 1.89 bits per heavy atom. The quantitative estimate of drug-likeness (QED) is 0.209. The molecule has 0 saturated carbocycles. The first-order valence-electron chi connectivity index (χ1n) is 15.2. The normalized spacial score (nSPS) is 13.0. The van der Waals surface area contributed by atoms with E-state index in [1.165, 1.54) is 4.57 Å². The minimum atomic E-state index is -2.86. The molecule has 0 atom stereocenters. The van der Waals surface area contributed by atoms with Crippen LogP contribution in [0.1, 0.15) is 81.0 Å². The molecule has 0 saturated heterocycles. The van der Waals surface area contributed by atoms with E-state index < -0.39 is 23.8 Å². The van der Waals surface area contributed by atoms with Crippen LogP contribution in [0.15, 0.2) is 94.3 Å². The number of hydrogen-bond donors (Lipinski definition) is 0. The number of ether oxygens (including phenoxy) is 1. The summed E-state index contributed by atoms with van der Waals surface area (Å²) < 4.78 is 39.0. The van der Waals surface area contributed by atoms with Crippen molar-refractivity contribution in [3.05, 3.63) is 129 Å². The molecule has 244 valence electrons. The van der Waals surface area contributed by atoms with Gasteiger partial charge in [-0.05, 0) is 55.9 Å². The summed E-state index contributed by atoms with van der Waals surface area (Å²) in [6.45, 7) is 12.1. The zero-order valence-electron chi connectivity index (χ0n) is 28.0. The van der Waals surface area contributed by atoms with E-state index in [-0.39, 0.29) is 75.7 Å². The van der Waals surface area contributed by atoms with Crippen molar-refractivity contribution in [1.82, 2.24) is 19.7 Å². The van der Waals surface area contributed by atoms with Gasteiger partial charge in [-0.1, -0.05) is 86.4 Å². The zero-order valence-corrected chi connectivity index (χ0v) is 31.1. The van der Waals surface area contributed by atoms with E-state index in [2.05, 4.69) is 26.2 Å². The molecule has 0 unspecified atom stereocenters. The van der Waals surface area contributed by atoms with Crippen LogP contribution in [-0.4, -0.2) is 32.9 Å². The Balaban J connectivity index is 0.00000119. The van der Waals surface area contributed by atoms with Crippen molar-refractivity contribution in [3.63, 3.8) is 0 Å². The van der Waals surface area contributed by atoms with Crippen LogP contribution in [0, 0.1) is 0 Å². The number of allylic oxidation sites excluding steroid dienone is 11. The van der Waals surface area contributed by atoms with Crippen LogP contribution >= 0.6 is 0 Å². The van der Waals surface area contributed by atoms with Gasteiger partial charge in [0.2, 0.25) is 0 Å². The van der Waals surface area contributed by atoms with E-state index in [0.717, 1.165) is 23.1 Å². The monoisotopic (exact) mass is 670 g/mol. The first-order valence-corrected chi connectivity index (χ1v) is 15.2. The van der Waals surface area contributed by atoms with Gasteiger partial charge >= 0.3 is 51.4 Å². The van der Waals surface area contributed by atoms with Crippen molar-refractivity contribution >= 4 is 11.1 Å². The standard InChI is InChI=1S/C32H32F2N4O3.C4H10O.K/c1-4-6-14-25(30-36-32(40)41-37-30)21(3)24-17-15-23(16-18-24)20-38-27(11-5-2)35-28(29(33)34)26(31(38)39)19-22-12-9-7-8-10-13-22;1-4(2)5-3;/h4,6-7,9-10,12-18,29H,3,5,8,11,19-20H2,1-2H3,(H,36,37,40);4H,1-3H3;/q;;+1/p-1/b6-4-,25-14+;;. The van der Waals surface area contributed by atoms with Crippen LogP contribution in [0.3, 0.4) is 0 Å². The van der Waals surface area contributed by atoms with E-state index >= 15 is 0 Å². The Morgan fingerprint density at radius 3 is 2.47 bits per heavy atom. The number of nitrogens with zero attached hydrogens (tertiary/aromatic N) is 4. The third-order valence-corrected chi connectivity index (χ3v) is 7.03. The van der Waals surface area contributed by atoms with Gasteiger partial charge in [0.15, 0.2) is 11.9 Å². The summed E-state index contributed by atoms with van der Waals surface area (Å²) in [6.07, 6.45) is 13.4. The number of alkyl halides is 2. The molecule has 1 aliphatic rings. The van der Waals surface area contributed by atoms with Crippen molar-refractivity contribution < 1.29 is 74.5 Å². The van der Waals surface area contributed by atoms with E-state index in [9.17, 15) is 18.7 Å². The molecule has 1 aromatic carbocycles. The molecule has 0 fully saturated rings. The second-order valence-electron chi connectivity index (χ2n) is 10.8. The van der Waals surface area contributed by atoms with Crippen molar-refractivity contribution in [3.8, 4) is 6.08 Å². The summed E-state index contributed by atoms with van der Waals surface area (Å²) in [5.41, 5.74) is 2.49. The largest absolute Gasteiger partial charge is 1.00 e. The molecule has 2 aromatic heterocycles. The van der Waals surface area contributed by atoms with Crippen molar-refractivity contribution in [1.29, 1.82) is 0 Å². The number of aryl methyl sites for hydroxylation is 1. The third kappa shape index (κ3) is 11.8. The van der Waals surface area contributed by atoms with Gasteiger partial charge in [0, 0.05) is 31.1 Å². The summed E-state index contributed by atoms with van der Waals surface area (Å²) in [7, 11) is 1.70. The van der Waals surface area contributed by atoms with Crippen molar-refractivity contribution in [2.45, 2.75) is 72.5 Å². The molecule has 0 bridgehead atoms. The first kappa shape index (κ1) is 40.1. The Kier molecular flexibility index (Phi) is 17.4. The molecule has 11 heteroatoms. The molecule has 0 spiro atoms. The van der Waals surface area contributed by atoms with Gasteiger partial charge in [0.25, 0.3) is 12.0 Å².